The van der Waals surface area contributed by atoms with E-state index < -0.39 is 0 Å². The van der Waals surface area contributed by atoms with Crippen LogP contribution in [0.1, 0.15) is 64.0 Å². The Kier molecular flexibility index (Phi) is 9.63. The second kappa shape index (κ2) is 11.2. The monoisotopic (exact) mass is 313 g/mol. The minimum atomic E-state index is 0.519. The zero-order valence-corrected chi connectivity index (χ0v) is 15.6. The molecule has 0 heterocycles. The van der Waals surface area contributed by atoms with Gasteiger partial charge in [0.1, 0.15) is 0 Å². The first kappa shape index (κ1) is 19.7. The average molecular weight is 314 g/mol. The topological polar surface area (TPSA) is 12.0 Å². The Balaban J connectivity index is 2.76. The molecule has 128 valence electrons. The molecular formula is C22H35N. The van der Waals surface area contributed by atoms with Gasteiger partial charge in [-0.3, -0.25) is 0 Å². The summed E-state index contributed by atoms with van der Waals surface area (Å²) in [5.74, 6) is 0.519. The van der Waals surface area contributed by atoms with E-state index in [4.69, 9.17) is 0 Å². The molecule has 1 unspecified atom stereocenters. The molecule has 0 saturated heterocycles. The van der Waals surface area contributed by atoms with Crippen LogP contribution in [0.15, 0.2) is 42.5 Å². The number of hydrogen-bond donors (Lipinski definition) is 1. The fraction of sp³-hybridized carbons (Fsp3) is 0.545. The fourth-order valence-corrected chi connectivity index (χ4v) is 2.95. The molecule has 0 bridgehead atoms. The average Bonchev–Trinajstić information content (AvgIpc) is 2.53. The van der Waals surface area contributed by atoms with Gasteiger partial charge in [0.25, 0.3) is 0 Å². The molecule has 0 spiro atoms. The maximum absolute atomic E-state index is 4.31. The van der Waals surface area contributed by atoms with Crippen molar-refractivity contribution < 1.29 is 0 Å². The highest BCUT2D eigenvalue weighted by molar-refractivity contribution is 5.67. The van der Waals surface area contributed by atoms with Gasteiger partial charge < -0.3 is 5.32 Å². The van der Waals surface area contributed by atoms with E-state index in [1.807, 2.05) is 0 Å². The third-order valence-electron chi connectivity index (χ3n) is 4.36. The smallest absolute Gasteiger partial charge is 0.0140 e. The van der Waals surface area contributed by atoms with E-state index in [9.17, 15) is 0 Å². The van der Waals surface area contributed by atoms with Crippen LogP contribution in [-0.4, -0.2) is 13.1 Å². The number of nitrogens with one attached hydrogen (secondary N) is 1. The molecule has 1 aromatic rings. The Bertz CT molecular complexity index is 481. The summed E-state index contributed by atoms with van der Waals surface area (Å²) in [6.07, 6.45) is 8.50. The summed E-state index contributed by atoms with van der Waals surface area (Å²) in [7, 11) is 0. The molecule has 1 heteroatoms. The molecule has 23 heavy (non-hydrogen) atoms. The number of likely N-dealkylation sites (N-methyl/N-ethyl adjacent to an activating group) is 1. The fourth-order valence-electron chi connectivity index (χ4n) is 2.95. The molecule has 1 rings (SSSR count). The Hall–Kier alpha value is -1.34. The van der Waals surface area contributed by atoms with Gasteiger partial charge in [0.05, 0.1) is 0 Å². The van der Waals surface area contributed by atoms with Gasteiger partial charge in [-0.25, -0.2) is 0 Å². The molecule has 0 fully saturated rings. The second-order valence-electron chi connectivity index (χ2n) is 6.65. The van der Waals surface area contributed by atoms with Crippen LogP contribution in [0.25, 0.3) is 5.57 Å². The predicted molar refractivity (Wildman–Crippen MR) is 105 cm³/mol. The van der Waals surface area contributed by atoms with Crippen LogP contribution in [0.4, 0.5) is 0 Å². The van der Waals surface area contributed by atoms with E-state index in [1.165, 1.54) is 48.0 Å². The molecule has 0 aliphatic carbocycles. The van der Waals surface area contributed by atoms with E-state index in [0.717, 1.165) is 19.5 Å². The normalized spacial score (nSPS) is 13.1. The van der Waals surface area contributed by atoms with E-state index in [2.05, 4.69) is 69.9 Å². The number of aryl methyl sites for hydroxylation is 1. The van der Waals surface area contributed by atoms with E-state index in [-0.39, 0.29) is 0 Å². The van der Waals surface area contributed by atoms with E-state index >= 15 is 0 Å². The van der Waals surface area contributed by atoms with E-state index in [0.29, 0.717) is 5.92 Å². The van der Waals surface area contributed by atoms with Crippen LogP contribution in [0.5, 0.6) is 0 Å². The molecule has 1 aromatic carbocycles. The lowest BCUT2D eigenvalue weighted by atomic mass is 9.87. The standard InChI is InChI=1S/C22H35N/c1-6-8-9-10-19(4)17-20(5)22(15-16-23-7-2)21-13-11-18(3)12-14-21/h11-15,20,23H,4,6-10,16-17H2,1-3,5H3/b22-15+. The maximum atomic E-state index is 4.31. The number of hydrogen-bond acceptors (Lipinski definition) is 1. The molecule has 0 radical (unpaired) electrons. The molecule has 0 aliphatic heterocycles. The first-order chi connectivity index (χ1) is 11.1. The summed E-state index contributed by atoms with van der Waals surface area (Å²) in [6, 6.07) is 8.92. The zero-order chi connectivity index (χ0) is 17.1. The molecule has 0 aromatic heterocycles. The van der Waals surface area contributed by atoms with Crippen molar-refractivity contribution in [3.05, 3.63) is 53.6 Å². The van der Waals surface area contributed by atoms with Gasteiger partial charge in [-0.2, -0.15) is 0 Å². The molecule has 1 atom stereocenters. The summed E-state index contributed by atoms with van der Waals surface area (Å²) >= 11 is 0. The van der Waals surface area contributed by atoms with Gasteiger partial charge in [0, 0.05) is 6.54 Å². The van der Waals surface area contributed by atoms with Gasteiger partial charge in [0.15, 0.2) is 0 Å². The molecule has 0 amide bonds. The molecule has 0 aliphatic rings. The third-order valence-corrected chi connectivity index (χ3v) is 4.36. The minimum absolute atomic E-state index is 0.519. The highest BCUT2D eigenvalue weighted by atomic mass is 14.8. The van der Waals surface area contributed by atoms with Gasteiger partial charge in [0.2, 0.25) is 0 Å². The first-order valence-corrected chi connectivity index (χ1v) is 9.22. The van der Waals surface area contributed by atoms with Crippen molar-refractivity contribution in [1.29, 1.82) is 0 Å². The highest BCUT2D eigenvalue weighted by Gasteiger charge is 2.12. The van der Waals surface area contributed by atoms with Crippen LogP contribution in [0.2, 0.25) is 0 Å². The Morgan fingerprint density at radius 1 is 1.17 bits per heavy atom. The number of rotatable bonds is 11. The van der Waals surface area contributed by atoms with Crippen LogP contribution >= 0.6 is 0 Å². The van der Waals surface area contributed by atoms with Crippen molar-refractivity contribution >= 4 is 5.57 Å². The summed E-state index contributed by atoms with van der Waals surface area (Å²) < 4.78 is 0. The van der Waals surface area contributed by atoms with Crippen LogP contribution in [0.3, 0.4) is 0 Å². The van der Waals surface area contributed by atoms with Crippen LogP contribution in [0, 0.1) is 12.8 Å². The second-order valence-corrected chi connectivity index (χ2v) is 6.65. The van der Waals surface area contributed by atoms with Crippen molar-refractivity contribution in [2.45, 2.75) is 59.8 Å². The van der Waals surface area contributed by atoms with Crippen molar-refractivity contribution in [2.75, 3.05) is 13.1 Å². The summed E-state index contributed by atoms with van der Waals surface area (Å²) in [6.45, 7) is 15.1. The highest BCUT2D eigenvalue weighted by Crippen LogP contribution is 2.29. The summed E-state index contributed by atoms with van der Waals surface area (Å²) in [5.41, 5.74) is 5.51. The lowest BCUT2D eigenvalue weighted by Gasteiger charge is -2.19. The third kappa shape index (κ3) is 7.65. The summed E-state index contributed by atoms with van der Waals surface area (Å²) in [5, 5.41) is 3.41. The largest absolute Gasteiger partial charge is 0.314 e. The van der Waals surface area contributed by atoms with Crippen molar-refractivity contribution in [2.24, 2.45) is 5.92 Å². The van der Waals surface area contributed by atoms with Gasteiger partial charge in [-0.15, -0.1) is 0 Å². The predicted octanol–water partition coefficient (Wildman–Crippen LogP) is 6.15. The van der Waals surface area contributed by atoms with Crippen LogP contribution < -0.4 is 5.32 Å². The molecular weight excluding hydrogens is 278 g/mol. The SMILES string of the molecule is C=C(CCCCC)CC(C)/C(=C\CNCC)c1ccc(C)cc1. The molecule has 1 nitrogen and oxygen atoms in total. The van der Waals surface area contributed by atoms with Crippen molar-refractivity contribution in [1.82, 2.24) is 5.32 Å². The Labute approximate surface area is 143 Å². The van der Waals surface area contributed by atoms with Crippen molar-refractivity contribution in [3.8, 4) is 0 Å². The number of unbranched alkanes of at least 4 members (excludes halogenated alkanes) is 2. The molecule has 0 saturated carbocycles. The van der Waals surface area contributed by atoms with Crippen molar-refractivity contribution in [3.63, 3.8) is 0 Å². The quantitative estimate of drug-likeness (QED) is 0.381. The van der Waals surface area contributed by atoms with Gasteiger partial charge >= 0.3 is 0 Å². The number of allylic oxidation sites excluding steroid dienone is 2. The summed E-state index contributed by atoms with van der Waals surface area (Å²) in [4.78, 5) is 0. The lowest BCUT2D eigenvalue weighted by molar-refractivity contribution is 0.657. The Morgan fingerprint density at radius 3 is 2.48 bits per heavy atom. The first-order valence-electron chi connectivity index (χ1n) is 9.22. The van der Waals surface area contributed by atoms with E-state index in [1.54, 1.807) is 0 Å². The molecule has 1 N–H and O–H groups in total. The number of benzene rings is 1. The van der Waals surface area contributed by atoms with Crippen LogP contribution in [-0.2, 0) is 0 Å². The zero-order valence-electron chi connectivity index (χ0n) is 15.6. The van der Waals surface area contributed by atoms with Gasteiger partial charge in [-0.1, -0.05) is 81.7 Å². The minimum Gasteiger partial charge on any atom is -0.314 e. The Morgan fingerprint density at radius 2 is 1.87 bits per heavy atom. The maximum Gasteiger partial charge on any atom is 0.0140 e. The van der Waals surface area contributed by atoms with Gasteiger partial charge in [-0.05, 0) is 49.8 Å². The lowest BCUT2D eigenvalue weighted by Crippen LogP contribution is -2.13.